The molecule has 12 heteroatoms. The van der Waals surface area contributed by atoms with Crippen LogP contribution in [0.25, 0.3) is 0 Å². The van der Waals surface area contributed by atoms with Crippen molar-refractivity contribution in [2.45, 2.75) is 17.7 Å². The number of rotatable bonds is 8. The van der Waals surface area contributed by atoms with E-state index in [2.05, 4.69) is 0 Å². The Morgan fingerprint density at radius 1 is 0.630 bits per heavy atom. The van der Waals surface area contributed by atoms with E-state index in [0.29, 0.717) is 0 Å². The number of hydrogen-bond donors (Lipinski definition) is 0. The summed E-state index contributed by atoms with van der Waals surface area (Å²) in [6.07, 6.45) is 0. The van der Waals surface area contributed by atoms with Crippen molar-refractivity contribution in [2.75, 3.05) is 0 Å². The topological polar surface area (TPSA) is 173 Å². The SMILES string of the molecule is O=[N+]([O-])[C@@H](c1ccccc1)[C@H](c1ccccc1)C([N+](=O)[O-])([N+](=O)[O-])[N+](=O)[O-]. The van der Waals surface area contributed by atoms with E-state index in [0.717, 1.165) is 12.1 Å². The van der Waals surface area contributed by atoms with Gasteiger partial charge in [-0.15, -0.1) is 0 Å². The molecule has 0 fully saturated rings. The van der Waals surface area contributed by atoms with Crippen molar-refractivity contribution in [3.05, 3.63) is 112 Å². The first-order valence-electron chi connectivity index (χ1n) is 7.41. The standard InChI is InChI=1S/C15H12N4O8/c20-16(21)14(12-9-5-2-6-10-12)13(11-7-3-1-4-8-11)15(17(22)23,18(24)25)19(26)27/h1-10,13-14H/t13-,14-/m0/s1. The van der Waals surface area contributed by atoms with Crippen molar-refractivity contribution in [1.82, 2.24) is 0 Å². The molecule has 0 aromatic heterocycles. The Labute approximate surface area is 150 Å². The van der Waals surface area contributed by atoms with Crippen molar-refractivity contribution in [3.63, 3.8) is 0 Å². The third kappa shape index (κ3) is 3.27. The highest BCUT2D eigenvalue weighted by atomic mass is 16.7. The molecular formula is C15H12N4O8. The van der Waals surface area contributed by atoms with Crippen LogP contribution >= 0.6 is 0 Å². The molecule has 2 aromatic rings. The first kappa shape index (κ1) is 19.4. The Balaban J connectivity index is 2.89. The molecule has 0 aliphatic heterocycles. The summed E-state index contributed by atoms with van der Waals surface area (Å²) in [4.78, 5) is 40.4. The van der Waals surface area contributed by atoms with Gasteiger partial charge in [-0.2, -0.15) is 0 Å². The second-order valence-corrected chi connectivity index (χ2v) is 5.49. The van der Waals surface area contributed by atoms with Crippen LogP contribution in [0, 0.1) is 40.5 Å². The van der Waals surface area contributed by atoms with Gasteiger partial charge in [-0.05, 0) is 5.56 Å². The Morgan fingerprint density at radius 2 is 1.00 bits per heavy atom. The van der Waals surface area contributed by atoms with E-state index in [1.54, 1.807) is 0 Å². The number of nitro groups is 4. The summed E-state index contributed by atoms with van der Waals surface area (Å²) in [5.74, 6) is -6.36. The highest BCUT2D eigenvalue weighted by Crippen LogP contribution is 2.43. The summed E-state index contributed by atoms with van der Waals surface area (Å²) in [5.41, 5.74) is -0.403. The molecule has 2 rings (SSSR count). The minimum absolute atomic E-state index is 0.133. The zero-order valence-corrected chi connectivity index (χ0v) is 13.5. The van der Waals surface area contributed by atoms with Crippen LogP contribution in [0.2, 0.25) is 0 Å². The fourth-order valence-electron chi connectivity index (χ4n) is 2.90. The Morgan fingerprint density at radius 3 is 1.33 bits per heavy atom. The van der Waals surface area contributed by atoms with Crippen molar-refractivity contribution in [1.29, 1.82) is 0 Å². The van der Waals surface area contributed by atoms with Crippen molar-refractivity contribution >= 4 is 0 Å². The molecule has 12 nitrogen and oxygen atoms in total. The Kier molecular flexibility index (Phi) is 5.39. The van der Waals surface area contributed by atoms with Crippen LogP contribution < -0.4 is 0 Å². The van der Waals surface area contributed by atoms with Crippen LogP contribution in [0.5, 0.6) is 0 Å². The highest BCUT2D eigenvalue weighted by Gasteiger charge is 2.81. The number of benzene rings is 2. The summed E-state index contributed by atoms with van der Waals surface area (Å²) >= 11 is 0. The third-order valence-electron chi connectivity index (χ3n) is 4.07. The molecule has 0 aliphatic rings. The minimum Gasteiger partial charge on any atom is -0.264 e. The molecular weight excluding hydrogens is 364 g/mol. The van der Waals surface area contributed by atoms with Gasteiger partial charge in [0.15, 0.2) is 14.8 Å². The lowest BCUT2D eigenvalue weighted by Gasteiger charge is -2.22. The lowest BCUT2D eigenvalue weighted by molar-refractivity contribution is -0.976. The van der Waals surface area contributed by atoms with Gasteiger partial charge in [0.2, 0.25) is 0 Å². The molecule has 0 radical (unpaired) electrons. The molecule has 0 bridgehead atoms. The molecule has 0 heterocycles. The third-order valence-corrected chi connectivity index (χ3v) is 4.07. The fourth-order valence-corrected chi connectivity index (χ4v) is 2.90. The molecule has 0 N–H and O–H groups in total. The second-order valence-electron chi connectivity index (χ2n) is 5.49. The van der Waals surface area contributed by atoms with Crippen LogP contribution in [0.15, 0.2) is 60.7 Å². The van der Waals surface area contributed by atoms with Crippen LogP contribution in [-0.2, 0) is 0 Å². The van der Waals surface area contributed by atoms with Crippen molar-refractivity contribution < 1.29 is 19.7 Å². The zero-order valence-electron chi connectivity index (χ0n) is 13.5. The monoisotopic (exact) mass is 376 g/mol. The molecule has 27 heavy (non-hydrogen) atoms. The predicted octanol–water partition coefficient (Wildman–Crippen LogP) is 2.27. The van der Waals surface area contributed by atoms with Gasteiger partial charge in [0.1, 0.15) is 0 Å². The second kappa shape index (κ2) is 7.51. The summed E-state index contributed by atoms with van der Waals surface area (Å²) in [5, 5.41) is 46.5. The maximum Gasteiger partial charge on any atom is 0.714 e. The minimum atomic E-state index is -4.05. The van der Waals surface area contributed by atoms with E-state index in [9.17, 15) is 40.5 Å². The molecule has 2 atom stereocenters. The molecule has 0 aliphatic carbocycles. The molecule has 0 saturated carbocycles. The van der Waals surface area contributed by atoms with E-state index >= 15 is 0 Å². The van der Waals surface area contributed by atoms with Gasteiger partial charge in [0.25, 0.3) is 12.0 Å². The largest absolute Gasteiger partial charge is 0.714 e. The molecule has 0 unspecified atom stereocenters. The van der Waals surface area contributed by atoms with Crippen LogP contribution in [0.1, 0.15) is 23.1 Å². The number of hydrogen-bond acceptors (Lipinski definition) is 8. The van der Waals surface area contributed by atoms with Gasteiger partial charge in [-0.3, -0.25) is 40.5 Å². The van der Waals surface area contributed by atoms with Gasteiger partial charge in [-0.25, -0.2) is 0 Å². The molecule has 0 amide bonds. The average Bonchev–Trinajstić information content (AvgIpc) is 2.61. The van der Waals surface area contributed by atoms with E-state index in [1.807, 2.05) is 0 Å². The Bertz CT molecular complexity index is 838. The predicted molar refractivity (Wildman–Crippen MR) is 89.1 cm³/mol. The van der Waals surface area contributed by atoms with Crippen molar-refractivity contribution in [2.24, 2.45) is 0 Å². The van der Waals surface area contributed by atoms with E-state index in [4.69, 9.17) is 0 Å². The highest BCUT2D eigenvalue weighted by molar-refractivity contribution is 5.28. The summed E-state index contributed by atoms with van der Waals surface area (Å²) in [6.45, 7) is 0. The summed E-state index contributed by atoms with van der Waals surface area (Å²) < 4.78 is 0. The average molecular weight is 376 g/mol. The van der Waals surface area contributed by atoms with Gasteiger partial charge >= 0.3 is 5.79 Å². The quantitative estimate of drug-likeness (QED) is 0.383. The van der Waals surface area contributed by atoms with Gasteiger partial charge in [0.05, 0.1) is 0 Å². The van der Waals surface area contributed by atoms with Crippen LogP contribution in [-0.4, -0.2) is 25.5 Å². The summed E-state index contributed by atoms with van der Waals surface area (Å²) in [7, 11) is 0. The van der Waals surface area contributed by atoms with Crippen LogP contribution in [0.4, 0.5) is 0 Å². The van der Waals surface area contributed by atoms with Crippen molar-refractivity contribution in [3.8, 4) is 0 Å². The van der Waals surface area contributed by atoms with Gasteiger partial charge in [0, 0.05) is 10.5 Å². The first-order valence-corrected chi connectivity index (χ1v) is 7.41. The number of nitrogens with zero attached hydrogens (tertiary/aromatic N) is 4. The molecule has 0 saturated heterocycles. The van der Waals surface area contributed by atoms with Crippen LogP contribution in [0.3, 0.4) is 0 Å². The van der Waals surface area contributed by atoms with Gasteiger partial charge < -0.3 is 0 Å². The lowest BCUT2D eigenvalue weighted by Crippen LogP contribution is -2.59. The smallest absolute Gasteiger partial charge is 0.264 e. The first-order chi connectivity index (χ1) is 12.7. The normalized spacial score (nSPS) is 13.3. The lowest BCUT2D eigenvalue weighted by atomic mass is 9.82. The molecule has 2 aromatic carbocycles. The van der Waals surface area contributed by atoms with E-state index in [-0.39, 0.29) is 11.1 Å². The van der Waals surface area contributed by atoms with E-state index in [1.165, 1.54) is 48.5 Å². The fraction of sp³-hybridized carbons (Fsp3) is 0.200. The maximum absolute atomic E-state index is 11.8. The van der Waals surface area contributed by atoms with E-state index < -0.39 is 37.4 Å². The van der Waals surface area contributed by atoms with Gasteiger partial charge in [-0.1, -0.05) is 60.7 Å². The maximum atomic E-state index is 11.8. The zero-order chi connectivity index (χ0) is 20.2. The summed E-state index contributed by atoms with van der Waals surface area (Å²) in [6, 6.07) is 11.1. The Hall–Kier alpha value is -3.96. The molecule has 0 spiro atoms. The molecule has 140 valence electrons.